The molecule has 3 heterocycles. The Hall–Kier alpha value is -3.65. The third kappa shape index (κ3) is 3.89. The Morgan fingerprint density at radius 2 is 2.03 bits per heavy atom. The third-order valence-electron chi connectivity index (χ3n) is 5.45. The Labute approximate surface area is 178 Å². The average Bonchev–Trinajstić information content (AvgIpc) is 2.77. The fourth-order valence-electron chi connectivity index (χ4n) is 3.94. The Kier molecular flexibility index (Phi) is 4.91. The Balaban J connectivity index is 1.58. The van der Waals surface area contributed by atoms with E-state index in [2.05, 4.69) is 10.2 Å². The highest BCUT2D eigenvalue weighted by Crippen LogP contribution is 2.37. The predicted molar refractivity (Wildman–Crippen MR) is 113 cm³/mol. The normalized spacial score (nSPS) is 18.6. The molecule has 2 N–H and O–H groups in total. The number of pyridine rings is 1. The smallest absolute Gasteiger partial charge is 0.348 e. The van der Waals surface area contributed by atoms with Crippen LogP contribution in [0.5, 0.6) is 11.5 Å². The quantitative estimate of drug-likeness (QED) is 0.668. The molecule has 0 bridgehead atoms. The molecule has 2 aliphatic rings. The molecule has 2 aromatic carbocycles. The summed E-state index contributed by atoms with van der Waals surface area (Å²) >= 11 is 0. The molecule has 8 heteroatoms. The molecule has 3 aromatic rings. The van der Waals surface area contributed by atoms with Crippen LogP contribution < -0.4 is 14.8 Å². The van der Waals surface area contributed by atoms with E-state index in [9.17, 15) is 14.7 Å². The van der Waals surface area contributed by atoms with Crippen LogP contribution in [0.1, 0.15) is 5.56 Å². The van der Waals surface area contributed by atoms with Crippen molar-refractivity contribution >= 4 is 22.8 Å². The first kappa shape index (κ1) is 19.3. The van der Waals surface area contributed by atoms with Gasteiger partial charge in [0.2, 0.25) is 12.0 Å². The Bertz CT molecular complexity index is 1160. The number of carbonyl (C=O) groups is 2. The van der Waals surface area contributed by atoms with Crippen molar-refractivity contribution in [2.75, 3.05) is 26.2 Å². The van der Waals surface area contributed by atoms with Gasteiger partial charge in [0.05, 0.1) is 17.8 Å². The van der Waals surface area contributed by atoms with Crippen LogP contribution in [0.25, 0.3) is 22.2 Å². The summed E-state index contributed by atoms with van der Waals surface area (Å²) in [4.78, 5) is 30.1. The first-order chi connectivity index (χ1) is 15.1. The van der Waals surface area contributed by atoms with Gasteiger partial charge < -0.3 is 19.9 Å². The lowest BCUT2D eigenvalue weighted by atomic mass is 10.0. The number of fused-ring (bicyclic) bond motifs is 2. The number of piperazine rings is 1. The van der Waals surface area contributed by atoms with Gasteiger partial charge in [0.15, 0.2) is 11.5 Å². The molecule has 5 rings (SSSR count). The fourth-order valence-corrected chi connectivity index (χ4v) is 3.94. The minimum atomic E-state index is -1.06. The lowest BCUT2D eigenvalue weighted by molar-refractivity contribution is -0.147. The summed E-state index contributed by atoms with van der Waals surface area (Å²) in [6.45, 7) is 2.25. The highest BCUT2D eigenvalue weighted by molar-refractivity contribution is 5.87. The van der Waals surface area contributed by atoms with E-state index in [0.29, 0.717) is 31.1 Å². The zero-order valence-corrected chi connectivity index (χ0v) is 16.7. The molecule has 1 amide bonds. The maximum absolute atomic E-state index is 11.8. The number of carbonyl (C=O) groups excluding carboxylic acids is 1. The topological polar surface area (TPSA) is 101 Å². The van der Waals surface area contributed by atoms with Gasteiger partial charge in [-0.25, -0.2) is 9.78 Å². The standard InChI is InChI=1S/C23H21N3O5/c27-21-12-26(7-6-24-21)11-16-8-15-9-19-18(30-13-20(31-19)23(28)29)10-17(15)25-22(16)14-4-2-1-3-5-14/h1-5,8-10,20H,6-7,11-13H2,(H,24,27)(H,28,29). The molecule has 2 aliphatic heterocycles. The second-order valence-electron chi connectivity index (χ2n) is 7.67. The number of carboxylic acid groups (broad SMARTS) is 1. The van der Waals surface area contributed by atoms with E-state index in [1.165, 1.54) is 0 Å². The zero-order valence-electron chi connectivity index (χ0n) is 16.7. The molecule has 1 fully saturated rings. The first-order valence-corrected chi connectivity index (χ1v) is 10.1. The van der Waals surface area contributed by atoms with Crippen LogP contribution in [0.15, 0.2) is 48.5 Å². The van der Waals surface area contributed by atoms with Crippen LogP contribution in [0.2, 0.25) is 0 Å². The van der Waals surface area contributed by atoms with E-state index in [-0.39, 0.29) is 12.5 Å². The van der Waals surface area contributed by atoms with Gasteiger partial charge in [0.25, 0.3) is 0 Å². The number of aromatic nitrogens is 1. The van der Waals surface area contributed by atoms with E-state index in [1.54, 1.807) is 12.1 Å². The van der Waals surface area contributed by atoms with Gasteiger partial charge >= 0.3 is 5.97 Å². The lowest BCUT2D eigenvalue weighted by Gasteiger charge is -2.27. The minimum absolute atomic E-state index is 0.0144. The van der Waals surface area contributed by atoms with Crippen molar-refractivity contribution in [3.05, 3.63) is 54.1 Å². The van der Waals surface area contributed by atoms with Gasteiger partial charge in [0, 0.05) is 36.7 Å². The number of hydrogen-bond acceptors (Lipinski definition) is 6. The molecular weight excluding hydrogens is 398 g/mol. The van der Waals surface area contributed by atoms with Crippen LogP contribution >= 0.6 is 0 Å². The van der Waals surface area contributed by atoms with E-state index < -0.39 is 12.1 Å². The molecule has 1 aromatic heterocycles. The van der Waals surface area contributed by atoms with E-state index in [1.807, 2.05) is 36.4 Å². The molecule has 1 unspecified atom stereocenters. The molecule has 0 aliphatic carbocycles. The average molecular weight is 419 g/mol. The lowest BCUT2D eigenvalue weighted by Crippen LogP contribution is -2.47. The zero-order chi connectivity index (χ0) is 21.4. The summed E-state index contributed by atoms with van der Waals surface area (Å²) < 4.78 is 11.2. The van der Waals surface area contributed by atoms with Gasteiger partial charge in [-0.1, -0.05) is 30.3 Å². The van der Waals surface area contributed by atoms with Crippen molar-refractivity contribution in [1.29, 1.82) is 0 Å². The van der Waals surface area contributed by atoms with Crippen molar-refractivity contribution in [2.24, 2.45) is 0 Å². The molecule has 0 spiro atoms. The molecule has 31 heavy (non-hydrogen) atoms. The van der Waals surface area contributed by atoms with Gasteiger partial charge in [-0.3, -0.25) is 9.69 Å². The molecule has 1 atom stereocenters. The Morgan fingerprint density at radius 1 is 1.19 bits per heavy atom. The molecule has 0 saturated carbocycles. The van der Waals surface area contributed by atoms with Gasteiger partial charge in [0.1, 0.15) is 6.61 Å². The summed E-state index contributed by atoms with van der Waals surface area (Å²) in [5.41, 5.74) is 3.55. The number of carboxylic acids is 1. The number of ether oxygens (including phenoxy) is 2. The van der Waals surface area contributed by atoms with Crippen LogP contribution in [0.3, 0.4) is 0 Å². The molecule has 8 nitrogen and oxygen atoms in total. The number of amides is 1. The van der Waals surface area contributed by atoms with E-state index in [0.717, 1.165) is 34.3 Å². The fraction of sp³-hybridized carbons (Fsp3) is 0.261. The number of hydrogen-bond donors (Lipinski definition) is 2. The maximum atomic E-state index is 11.8. The molecular formula is C23H21N3O5. The third-order valence-corrected chi connectivity index (χ3v) is 5.45. The monoisotopic (exact) mass is 419 g/mol. The van der Waals surface area contributed by atoms with E-state index in [4.69, 9.17) is 14.5 Å². The number of nitrogens with one attached hydrogen (secondary N) is 1. The minimum Gasteiger partial charge on any atom is -0.485 e. The van der Waals surface area contributed by atoms with Crippen LogP contribution in [0, 0.1) is 0 Å². The number of benzene rings is 2. The Morgan fingerprint density at radius 3 is 2.81 bits per heavy atom. The largest absolute Gasteiger partial charge is 0.485 e. The van der Waals surface area contributed by atoms with E-state index >= 15 is 0 Å². The second kappa shape index (κ2) is 7.88. The predicted octanol–water partition coefficient (Wildman–Crippen LogP) is 2.06. The molecule has 1 saturated heterocycles. The number of nitrogens with zero attached hydrogens (tertiary/aromatic N) is 2. The maximum Gasteiger partial charge on any atom is 0.348 e. The van der Waals surface area contributed by atoms with Gasteiger partial charge in [-0.05, 0) is 17.7 Å². The summed E-state index contributed by atoms with van der Waals surface area (Å²) in [5.74, 6) is -0.173. The second-order valence-corrected chi connectivity index (χ2v) is 7.67. The molecule has 0 radical (unpaired) electrons. The highest BCUT2D eigenvalue weighted by Gasteiger charge is 2.28. The first-order valence-electron chi connectivity index (χ1n) is 10.1. The summed E-state index contributed by atoms with van der Waals surface area (Å²) in [5, 5.41) is 12.9. The summed E-state index contributed by atoms with van der Waals surface area (Å²) in [6.07, 6.45) is -1.03. The van der Waals surface area contributed by atoms with Crippen molar-refractivity contribution in [2.45, 2.75) is 12.6 Å². The molecule has 158 valence electrons. The number of rotatable bonds is 4. The van der Waals surface area contributed by atoms with Gasteiger partial charge in [-0.15, -0.1) is 0 Å². The van der Waals surface area contributed by atoms with Crippen LogP contribution in [-0.2, 0) is 16.1 Å². The van der Waals surface area contributed by atoms with Crippen molar-refractivity contribution in [3.8, 4) is 22.8 Å². The van der Waals surface area contributed by atoms with Gasteiger partial charge in [-0.2, -0.15) is 0 Å². The number of aliphatic carboxylic acids is 1. The summed E-state index contributed by atoms with van der Waals surface area (Å²) in [6, 6.07) is 15.5. The van der Waals surface area contributed by atoms with Crippen LogP contribution in [0.4, 0.5) is 0 Å². The van der Waals surface area contributed by atoms with Crippen molar-refractivity contribution < 1.29 is 24.2 Å². The highest BCUT2D eigenvalue weighted by atomic mass is 16.6. The van der Waals surface area contributed by atoms with Crippen molar-refractivity contribution in [3.63, 3.8) is 0 Å². The SMILES string of the molecule is O=C1CN(Cc2cc3cc4c(cc3nc2-c2ccccc2)OCC(C(=O)O)O4)CCN1. The summed E-state index contributed by atoms with van der Waals surface area (Å²) in [7, 11) is 0. The van der Waals surface area contributed by atoms with Crippen LogP contribution in [-0.4, -0.2) is 59.2 Å². The van der Waals surface area contributed by atoms with Crippen molar-refractivity contribution in [1.82, 2.24) is 15.2 Å².